The van der Waals surface area contributed by atoms with E-state index in [2.05, 4.69) is 14.8 Å². The van der Waals surface area contributed by atoms with E-state index in [0.29, 0.717) is 33.7 Å². The van der Waals surface area contributed by atoms with Gasteiger partial charge in [0.25, 0.3) is 0 Å². The predicted octanol–water partition coefficient (Wildman–Crippen LogP) is 6.79. The third-order valence-corrected chi connectivity index (χ3v) is 7.38. The van der Waals surface area contributed by atoms with Gasteiger partial charge in [0.05, 0.1) is 35.4 Å². The molecular weight excluding hydrogens is 582 g/mol. The zero-order valence-corrected chi connectivity index (χ0v) is 24.5. The smallest absolute Gasteiger partial charge is 0.335 e. The molecule has 1 unspecified atom stereocenters. The van der Waals surface area contributed by atoms with E-state index >= 15 is 4.39 Å². The van der Waals surface area contributed by atoms with Crippen LogP contribution in [0.1, 0.15) is 40.7 Å². The van der Waals surface area contributed by atoms with Crippen LogP contribution in [-0.4, -0.2) is 44.6 Å². The van der Waals surface area contributed by atoms with E-state index in [1.165, 1.54) is 37.4 Å². The molecule has 228 valence electrons. The van der Waals surface area contributed by atoms with Crippen LogP contribution in [0.3, 0.4) is 0 Å². The number of rotatable bonds is 12. The minimum Gasteiger partial charge on any atom is -0.478 e. The lowest BCUT2D eigenvalue weighted by Gasteiger charge is -2.17. The van der Waals surface area contributed by atoms with E-state index < -0.39 is 23.7 Å². The summed E-state index contributed by atoms with van der Waals surface area (Å²) in [6, 6.07) is 18.3. The number of aromatic carboxylic acids is 1. The summed E-state index contributed by atoms with van der Waals surface area (Å²) < 4.78 is 42.6. The first-order valence-corrected chi connectivity index (χ1v) is 14.0. The average molecular weight is 611 g/mol. The first-order valence-electron chi connectivity index (χ1n) is 14.0. The maximum atomic E-state index is 15.6. The summed E-state index contributed by atoms with van der Waals surface area (Å²) in [4.78, 5) is 36.4. The number of ketones is 1. The summed E-state index contributed by atoms with van der Waals surface area (Å²) in [7, 11) is 1.43. The molecule has 0 aliphatic heterocycles. The number of pyridine rings is 1. The quantitative estimate of drug-likeness (QED) is 0.155. The second kappa shape index (κ2) is 13.4. The highest BCUT2D eigenvalue weighted by molar-refractivity contribution is 5.92. The van der Waals surface area contributed by atoms with E-state index in [1.54, 1.807) is 47.9 Å². The summed E-state index contributed by atoms with van der Waals surface area (Å²) in [5, 5.41) is 9.52. The number of aromatic nitrogens is 3. The summed E-state index contributed by atoms with van der Waals surface area (Å²) in [5.74, 6) is -1.64. The molecule has 0 amide bonds. The van der Waals surface area contributed by atoms with Gasteiger partial charge in [-0.1, -0.05) is 37.3 Å². The molecule has 1 N–H and O–H groups in total. The van der Waals surface area contributed by atoms with Crippen molar-refractivity contribution in [1.29, 1.82) is 0 Å². The van der Waals surface area contributed by atoms with Gasteiger partial charge in [-0.3, -0.25) is 4.79 Å². The molecule has 9 nitrogen and oxygen atoms in total. The Hall–Kier alpha value is -5.47. The fourth-order valence-electron chi connectivity index (χ4n) is 4.90. The van der Waals surface area contributed by atoms with Gasteiger partial charge in [0.1, 0.15) is 30.2 Å². The minimum absolute atomic E-state index is 0.0587. The fourth-order valence-corrected chi connectivity index (χ4v) is 4.90. The number of Topliss-reactive ketones (excluding diaryl/α,β-unsaturated/α-hetero) is 1. The number of carbonyl (C=O) groups is 2. The number of imidazole rings is 1. The van der Waals surface area contributed by atoms with Crippen LogP contribution in [0.15, 0.2) is 72.8 Å². The van der Waals surface area contributed by atoms with Gasteiger partial charge < -0.3 is 19.1 Å². The fraction of sp³-hybridized carbons (Fsp3) is 0.206. The van der Waals surface area contributed by atoms with Crippen molar-refractivity contribution in [3.63, 3.8) is 0 Å². The Morgan fingerprint density at radius 1 is 1.00 bits per heavy atom. The molecule has 0 spiro atoms. The van der Waals surface area contributed by atoms with Crippen LogP contribution in [0.5, 0.6) is 5.88 Å². The van der Waals surface area contributed by atoms with E-state index in [-0.39, 0.29) is 54.5 Å². The SMILES string of the molecule is [C-]#[N+]c1ccc(COc2cccc(-c3ccc(Cc4nc5ccc(C(=O)O)cc5n4CC(OC)C(=O)CC)c(F)c3)n2)c(F)c1. The van der Waals surface area contributed by atoms with Crippen molar-refractivity contribution in [3.05, 3.63) is 118 Å². The van der Waals surface area contributed by atoms with Gasteiger partial charge in [-0.15, -0.1) is 0 Å². The van der Waals surface area contributed by atoms with Crippen LogP contribution in [0.25, 0.3) is 27.1 Å². The lowest BCUT2D eigenvalue weighted by atomic mass is 10.1. The molecule has 0 saturated carbocycles. The number of carbonyl (C=O) groups excluding carboxylic acids is 1. The van der Waals surface area contributed by atoms with Gasteiger partial charge >= 0.3 is 5.97 Å². The molecule has 2 aromatic heterocycles. The molecule has 0 aliphatic carbocycles. The average Bonchev–Trinajstić information content (AvgIpc) is 3.39. The number of ether oxygens (including phenoxy) is 2. The molecule has 5 rings (SSSR count). The first-order chi connectivity index (χ1) is 21.7. The topological polar surface area (TPSA) is 108 Å². The van der Waals surface area contributed by atoms with Gasteiger partial charge in [0.2, 0.25) is 5.88 Å². The standard InChI is InChI=1S/C34H28F2N4O5/c1-4-30(41)31(44-3)18-40-29-15-22(34(42)43)11-13-28(29)38-32(40)16-20-8-9-21(14-25(20)35)27-6-5-7-33(39-27)45-19-23-10-12-24(37-2)17-26(23)36/h5-15,17,31H,4,16,18-19H2,1,3H3,(H,42,43). The second-order valence-corrected chi connectivity index (χ2v) is 10.2. The number of methoxy groups -OCH3 is 1. The number of nitrogens with zero attached hydrogens (tertiary/aromatic N) is 4. The first kappa shape index (κ1) is 31.0. The summed E-state index contributed by atoms with van der Waals surface area (Å²) in [5.41, 5.74) is 2.78. The van der Waals surface area contributed by atoms with E-state index in [0.717, 1.165) is 6.07 Å². The Bertz CT molecular complexity index is 1950. The minimum atomic E-state index is -1.11. The number of benzene rings is 3. The highest BCUT2D eigenvalue weighted by Gasteiger charge is 2.22. The molecule has 3 aromatic carbocycles. The largest absolute Gasteiger partial charge is 0.478 e. The molecule has 11 heteroatoms. The van der Waals surface area contributed by atoms with Gasteiger partial charge in [0.15, 0.2) is 11.5 Å². The Balaban J connectivity index is 1.40. The molecule has 5 aromatic rings. The van der Waals surface area contributed by atoms with Crippen molar-refractivity contribution < 1.29 is 33.0 Å². The van der Waals surface area contributed by atoms with Gasteiger partial charge in [-0.25, -0.2) is 28.4 Å². The van der Waals surface area contributed by atoms with Crippen LogP contribution in [0, 0.1) is 18.2 Å². The Morgan fingerprint density at radius 3 is 2.47 bits per heavy atom. The monoisotopic (exact) mass is 610 g/mol. The van der Waals surface area contributed by atoms with E-state index in [4.69, 9.17) is 16.0 Å². The molecule has 0 radical (unpaired) electrons. The second-order valence-electron chi connectivity index (χ2n) is 10.2. The van der Waals surface area contributed by atoms with Crippen molar-refractivity contribution in [2.45, 2.75) is 39.0 Å². The molecule has 0 aliphatic rings. The van der Waals surface area contributed by atoms with Gasteiger partial charge in [-0.05, 0) is 42.0 Å². The zero-order chi connectivity index (χ0) is 32.1. The Kier molecular flexibility index (Phi) is 9.25. The third-order valence-electron chi connectivity index (χ3n) is 7.38. The predicted molar refractivity (Wildman–Crippen MR) is 162 cm³/mol. The van der Waals surface area contributed by atoms with E-state index in [1.807, 2.05) is 0 Å². The van der Waals surface area contributed by atoms with Crippen molar-refractivity contribution in [2.24, 2.45) is 0 Å². The van der Waals surface area contributed by atoms with Crippen molar-refractivity contribution in [1.82, 2.24) is 14.5 Å². The maximum absolute atomic E-state index is 15.6. The number of hydrogen-bond acceptors (Lipinski definition) is 6. The number of carboxylic acids is 1. The lowest BCUT2D eigenvalue weighted by molar-refractivity contribution is -0.129. The Labute approximate surface area is 257 Å². The van der Waals surface area contributed by atoms with Crippen molar-refractivity contribution in [3.8, 4) is 17.1 Å². The molecular formula is C34H28F2N4O5. The van der Waals surface area contributed by atoms with Gasteiger partial charge in [-0.2, -0.15) is 0 Å². The number of fused-ring (bicyclic) bond motifs is 1. The van der Waals surface area contributed by atoms with Crippen LogP contribution < -0.4 is 4.74 Å². The summed E-state index contributed by atoms with van der Waals surface area (Å²) >= 11 is 0. The number of halogens is 2. The van der Waals surface area contributed by atoms with Crippen LogP contribution in [0.4, 0.5) is 14.5 Å². The molecule has 0 fully saturated rings. The normalized spacial score (nSPS) is 11.7. The van der Waals surface area contributed by atoms with Crippen LogP contribution in [0.2, 0.25) is 0 Å². The molecule has 2 heterocycles. The highest BCUT2D eigenvalue weighted by atomic mass is 19.1. The summed E-state index contributed by atoms with van der Waals surface area (Å²) in [6.07, 6.45) is -0.471. The summed E-state index contributed by atoms with van der Waals surface area (Å²) in [6.45, 7) is 8.71. The van der Waals surface area contributed by atoms with Crippen molar-refractivity contribution in [2.75, 3.05) is 7.11 Å². The third kappa shape index (κ3) is 6.87. The van der Waals surface area contributed by atoms with Crippen molar-refractivity contribution >= 4 is 28.5 Å². The maximum Gasteiger partial charge on any atom is 0.335 e. The number of hydrogen-bond donors (Lipinski definition) is 1. The molecule has 0 saturated heterocycles. The Morgan fingerprint density at radius 2 is 1.78 bits per heavy atom. The van der Waals surface area contributed by atoms with Gasteiger partial charge in [0, 0.05) is 37.1 Å². The molecule has 1 atom stereocenters. The van der Waals surface area contributed by atoms with Crippen LogP contribution in [-0.2, 0) is 29.1 Å². The van der Waals surface area contributed by atoms with Crippen LogP contribution >= 0.6 is 0 Å². The lowest BCUT2D eigenvalue weighted by Crippen LogP contribution is -2.28. The number of carboxylic acid groups (broad SMARTS) is 1. The van der Waals surface area contributed by atoms with E-state index in [9.17, 15) is 19.1 Å². The highest BCUT2D eigenvalue weighted by Crippen LogP contribution is 2.27. The molecule has 45 heavy (non-hydrogen) atoms. The molecule has 0 bridgehead atoms. The zero-order valence-electron chi connectivity index (χ0n) is 24.5.